The highest BCUT2D eigenvalue weighted by Crippen LogP contribution is 2.02. The van der Waals surface area contributed by atoms with E-state index in [9.17, 15) is 20.2 Å². The number of hydrogen-bond donors (Lipinski definition) is 0. The van der Waals surface area contributed by atoms with Gasteiger partial charge in [0, 0.05) is 0 Å². The van der Waals surface area contributed by atoms with Crippen molar-refractivity contribution in [3.05, 3.63) is 20.2 Å². The lowest BCUT2D eigenvalue weighted by molar-refractivity contribution is -0.803. The first-order chi connectivity index (χ1) is 5.99. The maximum atomic E-state index is 10.3. The quantitative estimate of drug-likeness (QED) is 0.345. The van der Waals surface area contributed by atoms with Gasteiger partial charge in [0.1, 0.15) is 0 Å². The lowest BCUT2D eigenvalue weighted by atomic mass is 10.4. The third kappa shape index (κ3) is 4.09. The molecular formula is C5H11N3O5. The summed E-state index contributed by atoms with van der Waals surface area (Å²) in [6.45, 7) is 3.10. The fraction of sp³-hybridized carbons (Fsp3) is 1.00. The van der Waals surface area contributed by atoms with Crippen molar-refractivity contribution < 1.29 is 15.0 Å². The molecule has 0 saturated heterocycles. The van der Waals surface area contributed by atoms with E-state index in [0.717, 1.165) is 0 Å². The summed E-state index contributed by atoms with van der Waals surface area (Å²) >= 11 is 0. The molecule has 8 nitrogen and oxygen atoms in total. The second-order valence-corrected chi connectivity index (χ2v) is 2.33. The van der Waals surface area contributed by atoms with Gasteiger partial charge in [0.25, 0.3) is 5.09 Å². The highest BCUT2D eigenvalue weighted by molar-refractivity contribution is 4.43. The molecule has 76 valence electrons. The van der Waals surface area contributed by atoms with Crippen molar-refractivity contribution in [2.75, 3.05) is 6.54 Å². The Morgan fingerprint density at radius 1 is 1.46 bits per heavy atom. The molecule has 0 bridgehead atoms. The molecule has 0 aliphatic rings. The molecule has 8 heteroatoms. The molecule has 0 radical (unpaired) electrons. The van der Waals surface area contributed by atoms with E-state index in [1.807, 2.05) is 0 Å². The van der Waals surface area contributed by atoms with Crippen molar-refractivity contribution in [3.63, 3.8) is 0 Å². The minimum atomic E-state index is -1.16. The van der Waals surface area contributed by atoms with Gasteiger partial charge >= 0.3 is 0 Å². The number of nitrogens with zero attached hydrogens (tertiary/aromatic N) is 3. The molecule has 0 aromatic carbocycles. The molecule has 0 aliphatic carbocycles. The summed E-state index contributed by atoms with van der Waals surface area (Å²) in [7, 11) is 0. The largest absolute Gasteiger partial charge is 0.296 e. The van der Waals surface area contributed by atoms with E-state index in [2.05, 4.69) is 4.84 Å². The summed E-state index contributed by atoms with van der Waals surface area (Å²) in [5.74, 6) is 0. The molecule has 1 unspecified atom stereocenters. The fourth-order valence-corrected chi connectivity index (χ4v) is 0.804. The SMILES string of the molecule is CCCN(C(C)O[N+](=O)[O-])[N+](=O)[O-]. The Morgan fingerprint density at radius 2 is 2.00 bits per heavy atom. The normalized spacial score (nSPS) is 11.8. The van der Waals surface area contributed by atoms with E-state index in [-0.39, 0.29) is 6.54 Å². The Labute approximate surface area is 74.3 Å². The molecule has 0 aliphatic heterocycles. The van der Waals surface area contributed by atoms with Gasteiger partial charge in [-0.15, -0.1) is 10.1 Å². The smallest absolute Gasteiger partial charge is 0.283 e. The number of hydrogen-bond acceptors (Lipinski definition) is 5. The Bertz CT molecular complexity index is 197. The van der Waals surface area contributed by atoms with Gasteiger partial charge in [0.15, 0.2) is 5.03 Å². The van der Waals surface area contributed by atoms with Crippen molar-refractivity contribution in [2.45, 2.75) is 26.5 Å². The van der Waals surface area contributed by atoms with Gasteiger partial charge in [0.2, 0.25) is 6.23 Å². The summed E-state index contributed by atoms with van der Waals surface area (Å²) in [6.07, 6.45) is -0.642. The van der Waals surface area contributed by atoms with Crippen LogP contribution in [0.2, 0.25) is 0 Å². The van der Waals surface area contributed by atoms with Crippen LogP contribution in [0, 0.1) is 20.2 Å². The van der Waals surface area contributed by atoms with Crippen molar-refractivity contribution in [1.29, 1.82) is 0 Å². The topological polar surface area (TPSA) is 98.8 Å². The summed E-state index contributed by atoms with van der Waals surface area (Å²) in [6, 6.07) is 0. The van der Waals surface area contributed by atoms with Crippen LogP contribution in [-0.4, -0.2) is 27.9 Å². The van der Waals surface area contributed by atoms with Crippen molar-refractivity contribution in [1.82, 2.24) is 5.01 Å². The predicted molar refractivity (Wildman–Crippen MR) is 41.5 cm³/mol. The minimum Gasteiger partial charge on any atom is -0.283 e. The summed E-state index contributed by atoms with van der Waals surface area (Å²) in [4.78, 5) is 24.2. The molecule has 0 aromatic heterocycles. The highest BCUT2D eigenvalue weighted by Gasteiger charge is 2.24. The molecule has 0 aromatic rings. The standard InChI is InChI=1S/C5H11N3O5/c1-3-4-6(7(9)10)5(2)13-8(11)12/h5H,3-4H2,1-2H3. The molecule has 0 fully saturated rings. The molecule has 1 atom stereocenters. The first-order valence-corrected chi connectivity index (χ1v) is 3.71. The van der Waals surface area contributed by atoms with E-state index < -0.39 is 16.3 Å². The molecule has 0 amide bonds. The van der Waals surface area contributed by atoms with Crippen LogP contribution in [0.15, 0.2) is 0 Å². The molecule has 0 spiro atoms. The van der Waals surface area contributed by atoms with Crippen LogP contribution in [0.25, 0.3) is 0 Å². The predicted octanol–water partition coefficient (Wildman–Crippen LogP) is 0.444. The Kier molecular flexibility index (Phi) is 4.49. The van der Waals surface area contributed by atoms with Gasteiger partial charge in [0.05, 0.1) is 6.54 Å². The maximum Gasteiger partial charge on any atom is 0.296 e. The lowest BCUT2D eigenvalue weighted by Crippen LogP contribution is -2.41. The van der Waals surface area contributed by atoms with E-state index in [0.29, 0.717) is 11.4 Å². The number of hydrazine groups is 1. The number of rotatable bonds is 6. The van der Waals surface area contributed by atoms with Crippen molar-refractivity contribution in [3.8, 4) is 0 Å². The van der Waals surface area contributed by atoms with Gasteiger partial charge < -0.3 is 0 Å². The van der Waals surface area contributed by atoms with Gasteiger partial charge in [-0.05, 0) is 13.3 Å². The zero-order valence-corrected chi connectivity index (χ0v) is 7.37. The average molecular weight is 193 g/mol. The van der Waals surface area contributed by atoms with Gasteiger partial charge in [-0.1, -0.05) is 11.9 Å². The number of nitro groups is 1. The second-order valence-electron chi connectivity index (χ2n) is 2.33. The molecule has 0 rings (SSSR count). The van der Waals surface area contributed by atoms with E-state index >= 15 is 0 Å². The third-order valence-electron chi connectivity index (χ3n) is 1.32. The average Bonchev–Trinajstić information content (AvgIpc) is 1.97. The second kappa shape index (κ2) is 5.12. The maximum absolute atomic E-state index is 10.3. The van der Waals surface area contributed by atoms with E-state index in [4.69, 9.17) is 0 Å². The van der Waals surface area contributed by atoms with Crippen LogP contribution in [0.3, 0.4) is 0 Å². The van der Waals surface area contributed by atoms with Crippen LogP contribution < -0.4 is 0 Å². The summed E-state index contributed by atoms with van der Waals surface area (Å²) < 4.78 is 0. The first-order valence-electron chi connectivity index (χ1n) is 3.71. The van der Waals surface area contributed by atoms with Crippen molar-refractivity contribution >= 4 is 0 Å². The third-order valence-corrected chi connectivity index (χ3v) is 1.32. The Hall–Kier alpha value is -1.60. The lowest BCUT2D eigenvalue weighted by Gasteiger charge is -2.18. The van der Waals surface area contributed by atoms with E-state index in [1.54, 1.807) is 6.92 Å². The van der Waals surface area contributed by atoms with Crippen LogP contribution >= 0.6 is 0 Å². The van der Waals surface area contributed by atoms with E-state index in [1.165, 1.54) is 6.92 Å². The van der Waals surface area contributed by atoms with Crippen molar-refractivity contribution in [2.24, 2.45) is 0 Å². The van der Waals surface area contributed by atoms with Gasteiger partial charge in [-0.25, -0.2) is 10.1 Å². The van der Waals surface area contributed by atoms with Crippen LogP contribution in [0.1, 0.15) is 20.3 Å². The first kappa shape index (κ1) is 11.4. The monoisotopic (exact) mass is 193 g/mol. The van der Waals surface area contributed by atoms with Crippen LogP contribution in [0.5, 0.6) is 0 Å². The van der Waals surface area contributed by atoms with Crippen LogP contribution in [0.4, 0.5) is 0 Å². The molecule has 0 heterocycles. The molecular weight excluding hydrogens is 182 g/mol. The zero-order chi connectivity index (χ0) is 10.4. The summed E-state index contributed by atoms with van der Waals surface area (Å²) in [5.41, 5.74) is 0. The molecule has 0 saturated carbocycles. The fourth-order valence-electron chi connectivity index (χ4n) is 0.804. The van der Waals surface area contributed by atoms with Gasteiger partial charge in [-0.2, -0.15) is 0 Å². The summed E-state index contributed by atoms with van der Waals surface area (Å²) in [5, 5.41) is 19.1. The zero-order valence-electron chi connectivity index (χ0n) is 7.37. The highest BCUT2D eigenvalue weighted by atomic mass is 17.0. The Balaban J connectivity index is 4.18. The van der Waals surface area contributed by atoms with Gasteiger partial charge in [-0.3, -0.25) is 4.84 Å². The van der Waals surface area contributed by atoms with Crippen LogP contribution in [-0.2, 0) is 4.84 Å². The molecule has 0 N–H and O–H groups in total. The minimum absolute atomic E-state index is 0.113. The Morgan fingerprint density at radius 3 is 2.31 bits per heavy atom. The molecule has 13 heavy (non-hydrogen) atoms.